The van der Waals surface area contributed by atoms with E-state index in [-0.39, 0.29) is 18.1 Å². The third-order valence-corrected chi connectivity index (χ3v) is 5.26. The number of carbonyl (C=O) groups is 1. The summed E-state index contributed by atoms with van der Waals surface area (Å²) in [6.07, 6.45) is 0. The second-order valence-corrected chi connectivity index (χ2v) is 7.28. The van der Waals surface area contributed by atoms with E-state index in [1.54, 1.807) is 6.07 Å². The first-order chi connectivity index (χ1) is 14.1. The topological polar surface area (TPSA) is 95.1 Å². The van der Waals surface area contributed by atoms with Crippen LogP contribution in [0.2, 0.25) is 0 Å². The molecule has 2 aromatic heterocycles. The number of nitrogens with zero attached hydrogens (tertiary/aromatic N) is 1. The summed E-state index contributed by atoms with van der Waals surface area (Å²) >= 11 is 1.37. The van der Waals surface area contributed by atoms with Gasteiger partial charge in [-0.25, -0.2) is 4.98 Å². The Balaban J connectivity index is 1.49. The van der Waals surface area contributed by atoms with Gasteiger partial charge in [0.25, 0.3) is 11.5 Å². The Labute approximate surface area is 170 Å². The van der Waals surface area contributed by atoms with Crippen molar-refractivity contribution in [1.29, 1.82) is 0 Å². The van der Waals surface area contributed by atoms with E-state index in [0.29, 0.717) is 4.88 Å². The number of benzene rings is 2. The zero-order valence-electron chi connectivity index (χ0n) is 15.3. The number of hydrogen-bond donors (Lipinski definition) is 3. The van der Waals surface area contributed by atoms with Gasteiger partial charge in [-0.3, -0.25) is 9.59 Å². The van der Waals surface area contributed by atoms with E-state index in [4.69, 9.17) is 0 Å². The summed E-state index contributed by atoms with van der Waals surface area (Å²) in [5.74, 6) is -1.05. The van der Waals surface area contributed by atoms with Gasteiger partial charge in [0, 0.05) is 6.54 Å². The molecule has 3 N–H and O–H groups in total. The second-order valence-electron chi connectivity index (χ2n) is 6.33. The third-order valence-electron chi connectivity index (χ3n) is 4.38. The fourth-order valence-corrected chi connectivity index (χ4v) is 3.54. The van der Waals surface area contributed by atoms with Crippen molar-refractivity contribution in [1.82, 2.24) is 15.3 Å². The van der Waals surface area contributed by atoms with Crippen molar-refractivity contribution in [3.05, 3.63) is 93.7 Å². The molecule has 0 unspecified atom stereocenters. The average Bonchev–Trinajstić information content (AvgIpc) is 3.30. The lowest BCUT2D eigenvalue weighted by Crippen LogP contribution is -2.26. The maximum Gasteiger partial charge on any atom is 0.294 e. The number of aromatic nitrogens is 2. The summed E-state index contributed by atoms with van der Waals surface area (Å²) in [7, 11) is 0. The number of aromatic amines is 1. The molecule has 0 saturated carbocycles. The summed E-state index contributed by atoms with van der Waals surface area (Å²) < 4.78 is 0. The molecule has 7 heteroatoms. The number of amides is 1. The highest BCUT2D eigenvalue weighted by Crippen LogP contribution is 2.22. The van der Waals surface area contributed by atoms with E-state index in [1.165, 1.54) is 11.3 Å². The Bertz CT molecular complexity index is 1180. The summed E-state index contributed by atoms with van der Waals surface area (Å²) in [6, 6.07) is 21.4. The normalized spacial score (nSPS) is 10.6. The Morgan fingerprint density at radius 3 is 2.41 bits per heavy atom. The fourth-order valence-electron chi connectivity index (χ4n) is 2.87. The maximum atomic E-state index is 12.5. The first kappa shape index (κ1) is 18.6. The van der Waals surface area contributed by atoms with Gasteiger partial charge in [-0.15, -0.1) is 11.3 Å². The molecule has 4 aromatic rings. The van der Waals surface area contributed by atoms with Gasteiger partial charge in [0.05, 0.1) is 4.88 Å². The molecule has 4 rings (SSSR count). The monoisotopic (exact) mass is 403 g/mol. The Morgan fingerprint density at radius 2 is 1.72 bits per heavy atom. The van der Waals surface area contributed by atoms with Gasteiger partial charge in [0.1, 0.15) is 0 Å². The van der Waals surface area contributed by atoms with Crippen molar-refractivity contribution < 1.29 is 9.90 Å². The Morgan fingerprint density at radius 1 is 1.00 bits per heavy atom. The highest BCUT2D eigenvalue weighted by atomic mass is 32.1. The van der Waals surface area contributed by atoms with Crippen molar-refractivity contribution in [2.24, 2.45) is 0 Å². The van der Waals surface area contributed by atoms with E-state index in [0.717, 1.165) is 16.7 Å². The van der Waals surface area contributed by atoms with Crippen LogP contribution in [-0.4, -0.2) is 21.0 Å². The van der Waals surface area contributed by atoms with Crippen LogP contribution in [0.25, 0.3) is 21.8 Å². The molecule has 0 atom stereocenters. The van der Waals surface area contributed by atoms with Gasteiger partial charge in [-0.05, 0) is 28.1 Å². The second kappa shape index (κ2) is 8.12. The van der Waals surface area contributed by atoms with Crippen LogP contribution in [0.1, 0.15) is 16.1 Å². The Kier molecular flexibility index (Phi) is 5.22. The average molecular weight is 403 g/mol. The van der Waals surface area contributed by atoms with Gasteiger partial charge >= 0.3 is 0 Å². The number of hydrogen-bond acceptors (Lipinski definition) is 5. The minimum atomic E-state index is -0.749. The van der Waals surface area contributed by atoms with E-state index < -0.39 is 17.2 Å². The minimum absolute atomic E-state index is 0.246. The van der Waals surface area contributed by atoms with Crippen LogP contribution in [0.15, 0.2) is 76.9 Å². The van der Waals surface area contributed by atoms with Crippen LogP contribution in [-0.2, 0) is 6.54 Å². The van der Waals surface area contributed by atoms with E-state index in [2.05, 4.69) is 15.3 Å². The number of nitrogens with one attached hydrogen (secondary N) is 2. The summed E-state index contributed by atoms with van der Waals surface area (Å²) in [4.78, 5) is 31.8. The fraction of sp³-hybridized carbons (Fsp3) is 0.0455. The molecule has 6 nitrogen and oxygen atoms in total. The molecule has 0 aliphatic rings. The summed E-state index contributed by atoms with van der Waals surface area (Å²) in [5.41, 5.74) is 2.04. The lowest BCUT2D eigenvalue weighted by Gasteiger charge is -2.08. The Hall–Kier alpha value is -3.71. The zero-order chi connectivity index (χ0) is 20.2. The van der Waals surface area contributed by atoms with Crippen molar-refractivity contribution in [2.45, 2.75) is 6.54 Å². The van der Waals surface area contributed by atoms with Crippen LogP contribution in [0.4, 0.5) is 0 Å². The molecular formula is C22H17N3O3S. The number of carbonyl (C=O) groups excluding carboxylic acids is 1. The molecule has 144 valence electrons. The van der Waals surface area contributed by atoms with Crippen LogP contribution in [0.5, 0.6) is 5.75 Å². The number of aromatic hydroxyl groups is 1. The van der Waals surface area contributed by atoms with Gasteiger partial charge < -0.3 is 15.4 Å². The van der Waals surface area contributed by atoms with E-state index >= 15 is 0 Å². The molecule has 0 spiro atoms. The van der Waals surface area contributed by atoms with Gasteiger partial charge in [-0.1, -0.05) is 60.7 Å². The molecular weight excluding hydrogens is 386 g/mol. The molecule has 0 aliphatic carbocycles. The van der Waals surface area contributed by atoms with Gasteiger partial charge in [0.2, 0.25) is 5.75 Å². The first-order valence-corrected chi connectivity index (χ1v) is 9.79. The molecule has 2 heterocycles. The zero-order valence-corrected chi connectivity index (χ0v) is 16.1. The third kappa shape index (κ3) is 4.09. The lowest BCUT2D eigenvalue weighted by molar-refractivity contribution is 0.0942. The predicted molar refractivity (Wildman–Crippen MR) is 113 cm³/mol. The maximum absolute atomic E-state index is 12.5. The largest absolute Gasteiger partial charge is 0.501 e. The van der Waals surface area contributed by atoms with E-state index in [1.807, 2.05) is 66.0 Å². The molecule has 0 bridgehead atoms. The van der Waals surface area contributed by atoms with Crippen LogP contribution >= 0.6 is 11.3 Å². The lowest BCUT2D eigenvalue weighted by atomic mass is 10.0. The number of rotatable bonds is 5. The summed E-state index contributed by atoms with van der Waals surface area (Å²) in [5, 5.41) is 14.5. The minimum Gasteiger partial charge on any atom is -0.501 e. The van der Waals surface area contributed by atoms with Crippen molar-refractivity contribution in [2.75, 3.05) is 0 Å². The summed E-state index contributed by atoms with van der Waals surface area (Å²) in [6.45, 7) is 0.246. The quantitative estimate of drug-likeness (QED) is 0.472. The molecule has 0 aliphatic heterocycles. The smallest absolute Gasteiger partial charge is 0.294 e. The molecule has 1 amide bonds. The molecule has 0 fully saturated rings. The van der Waals surface area contributed by atoms with Crippen LogP contribution < -0.4 is 10.9 Å². The molecule has 29 heavy (non-hydrogen) atoms. The standard InChI is InChI=1S/C22H17N3O3S/c26-19-18(24-20(25-22(19)28)17-7-4-12-29-17)21(27)23-13-14-8-10-16(11-9-14)15-5-2-1-3-6-15/h1-12,26H,13H2,(H,23,27)(H,24,25,28). The number of thiophene rings is 1. The molecule has 2 aromatic carbocycles. The highest BCUT2D eigenvalue weighted by molar-refractivity contribution is 7.13. The predicted octanol–water partition coefficient (Wildman–Crippen LogP) is 3.80. The van der Waals surface area contributed by atoms with Crippen LogP contribution in [0, 0.1) is 0 Å². The molecule has 0 saturated heterocycles. The number of H-pyrrole nitrogens is 1. The highest BCUT2D eigenvalue weighted by Gasteiger charge is 2.18. The first-order valence-electron chi connectivity index (χ1n) is 8.91. The van der Waals surface area contributed by atoms with Gasteiger partial charge in [-0.2, -0.15) is 0 Å². The van der Waals surface area contributed by atoms with E-state index in [9.17, 15) is 14.7 Å². The molecule has 0 radical (unpaired) electrons. The SMILES string of the molecule is O=C(NCc1ccc(-c2ccccc2)cc1)c1nc(-c2cccs2)[nH]c(=O)c1O. The van der Waals surface area contributed by atoms with Crippen LogP contribution in [0.3, 0.4) is 0 Å². The van der Waals surface area contributed by atoms with Crippen molar-refractivity contribution in [3.63, 3.8) is 0 Å². The van der Waals surface area contributed by atoms with Crippen molar-refractivity contribution >= 4 is 17.2 Å². The van der Waals surface area contributed by atoms with Crippen molar-refractivity contribution in [3.8, 4) is 27.6 Å². The van der Waals surface area contributed by atoms with Gasteiger partial charge in [0.15, 0.2) is 11.5 Å².